The van der Waals surface area contributed by atoms with Gasteiger partial charge in [-0.1, -0.05) is 0 Å². The Balaban J connectivity index is 1.54. The first-order valence-corrected chi connectivity index (χ1v) is 10.6. The Bertz CT molecular complexity index is 1200. The van der Waals surface area contributed by atoms with E-state index in [0.717, 1.165) is 0 Å². The molecule has 1 aromatic carbocycles. The molecule has 2 aliphatic heterocycles. The van der Waals surface area contributed by atoms with Gasteiger partial charge < -0.3 is 15.4 Å². The summed E-state index contributed by atoms with van der Waals surface area (Å²) in [7, 11) is 1.48. The lowest BCUT2D eigenvalue weighted by atomic mass is 10.1. The minimum absolute atomic E-state index is 0.0559. The highest BCUT2D eigenvalue weighted by Gasteiger charge is 2.52. The minimum Gasteiger partial charge on any atom is -0.369 e. The second kappa shape index (κ2) is 8.47. The van der Waals surface area contributed by atoms with Gasteiger partial charge in [0, 0.05) is 37.8 Å². The van der Waals surface area contributed by atoms with Gasteiger partial charge in [-0.25, -0.2) is 19.2 Å². The van der Waals surface area contributed by atoms with Crippen molar-refractivity contribution < 1.29 is 27.1 Å². The van der Waals surface area contributed by atoms with Gasteiger partial charge in [0.1, 0.15) is 12.3 Å². The van der Waals surface area contributed by atoms with E-state index in [4.69, 9.17) is 4.74 Å². The van der Waals surface area contributed by atoms with E-state index in [2.05, 4.69) is 30.8 Å². The van der Waals surface area contributed by atoms with Crippen molar-refractivity contribution >= 4 is 22.8 Å². The van der Waals surface area contributed by atoms with Crippen molar-refractivity contribution in [3.63, 3.8) is 0 Å². The van der Waals surface area contributed by atoms with Crippen LogP contribution in [0.3, 0.4) is 0 Å². The van der Waals surface area contributed by atoms with Crippen LogP contribution in [0.5, 0.6) is 0 Å². The molecule has 0 saturated carbocycles. The van der Waals surface area contributed by atoms with E-state index in [1.165, 1.54) is 18.1 Å². The van der Waals surface area contributed by atoms with Crippen LogP contribution >= 0.6 is 0 Å². The van der Waals surface area contributed by atoms with Gasteiger partial charge in [0.2, 0.25) is 0 Å². The molecule has 3 aromatic rings. The zero-order chi connectivity index (χ0) is 24.0. The van der Waals surface area contributed by atoms with Gasteiger partial charge in [0.05, 0.1) is 23.4 Å². The number of benzene rings is 1. The average Bonchev–Trinajstić information content (AvgIpc) is 3.37. The van der Waals surface area contributed by atoms with Gasteiger partial charge in [-0.2, -0.15) is 18.3 Å². The monoisotopic (exact) mass is 479 g/mol. The minimum atomic E-state index is -4.68. The van der Waals surface area contributed by atoms with Crippen LogP contribution in [0.15, 0.2) is 30.5 Å². The molecule has 4 heterocycles. The maximum Gasteiger partial charge on any atom is 0.409 e. The number of H-pyrrole nitrogens is 1. The number of fused-ring (bicyclic) bond motifs is 3. The van der Waals surface area contributed by atoms with Crippen LogP contribution in [0.25, 0.3) is 22.4 Å². The third kappa shape index (κ3) is 4.16. The number of morpholine rings is 1. The Morgan fingerprint density at radius 3 is 2.68 bits per heavy atom. The number of hydrogen-bond donors (Lipinski definition) is 3. The number of carbonyl (C=O) groups excluding carboxylic acids is 1. The second-order valence-electron chi connectivity index (χ2n) is 8.29. The molecule has 2 bridgehead atoms. The number of aromatic nitrogens is 4. The van der Waals surface area contributed by atoms with Crippen LogP contribution in [0.1, 0.15) is 18.2 Å². The summed E-state index contributed by atoms with van der Waals surface area (Å²) < 4.78 is 62.9. The van der Waals surface area contributed by atoms with Crippen molar-refractivity contribution in [3.05, 3.63) is 36.2 Å². The first-order valence-electron chi connectivity index (χ1n) is 10.6. The zero-order valence-electron chi connectivity index (χ0n) is 17.9. The van der Waals surface area contributed by atoms with Crippen LogP contribution < -0.4 is 10.6 Å². The number of aromatic amines is 1. The van der Waals surface area contributed by atoms with Gasteiger partial charge >= 0.3 is 12.2 Å². The van der Waals surface area contributed by atoms with Crippen molar-refractivity contribution in [3.8, 4) is 11.4 Å². The number of carbonyl (C=O) groups is 1. The second-order valence-corrected chi connectivity index (χ2v) is 8.29. The van der Waals surface area contributed by atoms with Crippen molar-refractivity contribution in [1.82, 2.24) is 30.4 Å². The number of ether oxygens (including phenoxy) is 1. The van der Waals surface area contributed by atoms with Gasteiger partial charge in [0.25, 0.3) is 0 Å². The normalized spacial score (nSPS) is 23.7. The van der Waals surface area contributed by atoms with Crippen LogP contribution in [-0.2, 0) is 4.74 Å². The lowest BCUT2D eigenvalue weighted by molar-refractivity contribution is -0.203. The van der Waals surface area contributed by atoms with Crippen LogP contribution in [0, 0.1) is 0 Å². The summed E-state index contributed by atoms with van der Waals surface area (Å²) in [5.41, 5.74) is 0.836. The molecule has 13 heteroatoms. The number of alkyl halides is 4. The molecule has 0 aliphatic carbocycles. The molecule has 4 unspecified atom stereocenters. The maximum absolute atomic E-state index is 14.4. The molecule has 0 spiro atoms. The van der Waals surface area contributed by atoms with Crippen LogP contribution in [0.4, 0.5) is 28.0 Å². The summed E-state index contributed by atoms with van der Waals surface area (Å²) >= 11 is 0. The number of anilines is 1. The molecule has 180 valence electrons. The number of halogens is 4. The summed E-state index contributed by atoms with van der Waals surface area (Å²) in [5, 5.41) is 11.7. The average molecular weight is 479 g/mol. The lowest BCUT2D eigenvalue weighted by Crippen LogP contribution is -2.49. The van der Waals surface area contributed by atoms with Crippen molar-refractivity contribution in [2.24, 2.45) is 0 Å². The first-order chi connectivity index (χ1) is 16.2. The molecule has 2 aliphatic rings. The standard InChI is InChI=1S/C21H21F4N7O2/c1-26-20(33)28-11-4-2-10(3-5-11)18-29-16(13-7-27-31-19(13)30-18)17(21(23,24)25)32-8-12-6-14(22)15(9-32)34-12/h2-5,7,12,14-15,17H,6,8-9H2,1H3,(H2,26,28,33)(H,27,29,30,31). The summed E-state index contributed by atoms with van der Waals surface area (Å²) in [6.45, 7) is -0.250. The smallest absolute Gasteiger partial charge is 0.369 e. The Hall–Kier alpha value is -3.32. The van der Waals surface area contributed by atoms with E-state index < -0.39 is 36.6 Å². The van der Waals surface area contributed by atoms with Gasteiger partial charge in [-0.15, -0.1) is 0 Å². The fourth-order valence-corrected chi connectivity index (χ4v) is 4.47. The van der Waals surface area contributed by atoms with Gasteiger partial charge in [-0.3, -0.25) is 10.00 Å². The molecular formula is C21H21F4N7O2. The maximum atomic E-state index is 14.4. The predicted octanol–water partition coefficient (Wildman–Crippen LogP) is 3.19. The third-order valence-corrected chi connectivity index (χ3v) is 6.01. The highest BCUT2D eigenvalue weighted by atomic mass is 19.4. The third-order valence-electron chi connectivity index (χ3n) is 6.01. The van der Waals surface area contributed by atoms with E-state index in [0.29, 0.717) is 11.3 Å². The highest BCUT2D eigenvalue weighted by Crippen LogP contribution is 2.43. The Morgan fingerprint density at radius 2 is 2.00 bits per heavy atom. The molecule has 5 rings (SSSR count). The molecule has 3 N–H and O–H groups in total. The first kappa shape index (κ1) is 22.5. The summed E-state index contributed by atoms with van der Waals surface area (Å²) in [5.74, 6) is 0.0621. The largest absolute Gasteiger partial charge is 0.409 e. The van der Waals surface area contributed by atoms with Gasteiger partial charge in [0.15, 0.2) is 17.5 Å². The van der Waals surface area contributed by atoms with E-state index in [-0.39, 0.29) is 42.1 Å². The topological polar surface area (TPSA) is 108 Å². The van der Waals surface area contributed by atoms with Crippen LogP contribution in [0.2, 0.25) is 0 Å². The quantitative estimate of drug-likeness (QED) is 0.496. The number of nitrogens with one attached hydrogen (secondary N) is 3. The summed E-state index contributed by atoms with van der Waals surface area (Å²) in [6.07, 6.45) is -6.12. The molecule has 2 fully saturated rings. The number of likely N-dealkylation sites (tertiary alicyclic amines) is 1. The lowest BCUT2D eigenvalue weighted by Gasteiger charge is -2.38. The number of rotatable bonds is 4. The Kier molecular flexibility index (Phi) is 5.60. The molecule has 2 aromatic heterocycles. The number of nitrogens with zero attached hydrogens (tertiary/aromatic N) is 4. The molecule has 34 heavy (non-hydrogen) atoms. The van der Waals surface area contributed by atoms with Gasteiger partial charge in [-0.05, 0) is 24.3 Å². The van der Waals surface area contributed by atoms with Crippen LogP contribution in [-0.4, -0.2) is 75.8 Å². The van der Waals surface area contributed by atoms with Crippen molar-refractivity contribution in [2.75, 3.05) is 25.5 Å². The molecule has 4 atom stereocenters. The predicted molar refractivity (Wildman–Crippen MR) is 114 cm³/mol. The van der Waals surface area contributed by atoms with E-state index in [1.54, 1.807) is 24.3 Å². The SMILES string of the molecule is CNC(=O)Nc1ccc(-c2nc(C(N3CC4CC(F)C(C3)O4)C(F)(F)F)c3cn[nH]c3n2)cc1. The van der Waals surface area contributed by atoms with Crippen molar-refractivity contribution in [2.45, 2.75) is 37.0 Å². The Labute approximate surface area is 190 Å². The fourth-order valence-electron chi connectivity index (χ4n) is 4.47. The van der Waals surface area contributed by atoms with E-state index in [9.17, 15) is 22.4 Å². The molecule has 2 saturated heterocycles. The van der Waals surface area contributed by atoms with E-state index >= 15 is 0 Å². The number of hydrogen-bond acceptors (Lipinski definition) is 6. The zero-order valence-corrected chi connectivity index (χ0v) is 17.9. The summed E-state index contributed by atoms with van der Waals surface area (Å²) in [6, 6.07) is 3.88. The fraction of sp³-hybridized carbons (Fsp3) is 0.429. The molecule has 2 amide bonds. The van der Waals surface area contributed by atoms with E-state index in [1.807, 2.05) is 0 Å². The summed E-state index contributed by atoms with van der Waals surface area (Å²) in [4.78, 5) is 21.3. The number of urea groups is 1. The van der Waals surface area contributed by atoms with Crippen molar-refractivity contribution in [1.29, 1.82) is 0 Å². The Morgan fingerprint density at radius 1 is 1.24 bits per heavy atom. The number of amides is 2. The molecule has 0 radical (unpaired) electrons. The highest BCUT2D eigenvalue weighted by molar-refractivity contribution is 5.89. The molecular weight excluding hydrogens is 458 g/mol. The molecule has 9 nitrogen and oxygen atoms in total.